The summed E-state index contributed by atoms with van der Waals surface area (Å²) in [7, 11) is 0. The van der Waals surface area contributed by atoms with Crippen LogP contribution in [0.4, 0.5) is 10.5 Å². The van der Waals surface area contributed by atoms with Gasteiger partial charge in [-0.15, -0.1) is 11.3 Å². The van der Waals surface area contributed by atoms with E-state index in [-0.39, 0.29) is 24.5 Å². The van der Waals surface area contributed by atoms with Crippen molar-refractivity contribution in [1.29, 1.82) is 0 Å². The molecule has 0 saturated carbocycles. The summed E-state index contributed by atoms with van der Waals surface area (Å²) in [6.07, 6.45) is 0.825. The summed E-state index contributed by atoms with van der Waals surface area (Å²) in [4.78, 5) is 32.1. The van der Waals surface area contributed by atoms with Gasteiger partial charge in [0.05, 0.1) is 18.3 Å². The molecule has 4 rings (SSSR count). The lowest BCUT2D eigenvalue weighted by molar-refractivity contribution is -0.134. The highest BCUT2D eigenvalue weighted by Gasteiger charge is 2.36. The number of nitrogens with zero attached hydrogens (tertiary/aromatic N) is 2. The highest BCUT2D eigenvalue weighted by atomic mass is 32.1. The first-order valence-corrected chi connectivity index (χ1v) is 12.9. The number of carbonyl (C=O) groups is 2. The third-order valence-corrected chi connectivity index (χ3v) is 7.17. The minimum absolute atomic E-state index is 0.0189. The molecule has 2 aromatic carbocycles. The normalized spacial score (nSPS) is 15.3. The van der Waals surface area contributed by atoms with Crippen molar-refractivity contribution in [1.82, 2.24) is 9.80 Å². The maximum atomic E-state index is 13.8. The lowest BCUT2D eigenvalue weighted by atomic mass is 9.93. The average Bonchev–Trinajstić information content (AvgIpc) is 3.32. The molecule has 1 atom stereocenters. The largest absolute Gasteiger partial charge is 0.492 e. The monoisotopic (exact) mass is 491 g/mol. The van der Waals surface area contributed by atoms with E-state index in [2.05, 4.69) is 28.9 Å². The van der Waals surface area contributed by atoms with Crippen LogP contribution in [0.1, 0.15) is 49.7 Å². The first-order chi connectivity index (χ1) is 16.8. The van der Waals surface area contributed by atoms with Gasteiger partial charge in [0, 0.05) is 17.0 Å². The number of rotatable bonds is 6. The SMILES string of the molecule is CCOc1ccccc1NC(=O)N(CC(=O)N1CCc2sccc2C1c1ccccc1)C(C)(C)C. The number of hydrogen-bond acceptors (Lipinski definition) is 4. The van der Waals surface area contributed by atoms with Gasteiger partial charge < -0.3 is 19.9 Å². The van der Waals surface area contributed by atoms with E-state index in [1.165, 1.54) is 10.4 Å². The second-order valence-corrected chi connectivity index (χ2v) is 10.6. The zero-order valence-corrected chi connectivity index (χ0v) is 21.6. The fraction of sp³-hybridized carbons (Fsp3) is 0.357. The fourth-order valence-electron chi connectivity index (χ4n) is 4.45. The Morgan fingerprint density at radius 1 is 1.09 bits per heavy atom. The van der Waals surface area contributed by atoms with Crippen LogP contribution < -0.4 is 10.1 Å². The Kier molecular flexibility index (Phi) is 7.45. The van der Waals surface area contributed by atoms with E-state index in [1.807, 2.05) is 69.0 Å². The van der Waals surface area contributed by atoms with Gasteiger partial charge in [0.25, 0.3) is 0 Å². The van der Waals surface area contributed by atoms with Crippen LogP contribution in [0, 0.1) is 0 Å². The van der Waals surface area contributed by atoms with E-state index in [0.717, 1.165) is 12.0 Å². The molecule has 0 fully saturated rings. The number of para-hydroxylation sites is 2. The zero-order chi connectivity index (χ0) is 25.0. The third-order valence-electron chi connectivity index (χ3n) is 6.18. The Balaban J connectivity index is 1.58. The molecule has 3 aromatic rings. The quantitative estimate of drug-likeness (QED) is 0.463. The topological polar surface area (TPSA) is 61.9 Å². The number of nitrogens with one attached hydrogen (secondary N) is 1. The van der Waals surface area contributed by atoms with E-state index >= 15 is 0 Å². The second-order valence-electron chi connectivity index (χ2n) is 9.57. The summed E-state index contributed by atoms with van der Waals surface area (Å²) >= 11 is 1.74. The first-order valence-electron chi connectivity index (χ1n) is 12.0. The molecule has 3 amide bonds. The van der Waals surface area contributed by atoms with Crippen LogP contribution in [-0.4, -0.2) is 47.0 Å². The maximum absolute atomic E-state index is 13.8. The Bertz CT molecular complexity index is 1170. The van der Waals surface area contributed by atoms with Crippen molar-refractivity contribution in [2.24, 2.45) is 0 Å². The number of thiophene rings is 1. The molecular weight excluding hydrogens is 458 g/mol. The van der Waals surface area contributed by atoms with E-state index in [4.69, 9.17) is 4.74 Å². The van der Waals surface area contributed by atoms with E-state index in [0.29, 0.717) is 24.6 Å². The summed E-state index contributed by atoms with van der Waals surface area (Å²) in [5.41, 5.74) is 2.28. The molecular formula is C28H33N3O3S. The molecule has 0 bridgehead atoms. The molecule has 0 saturated heterocycles. The molecule has 1 aliphatic rings. The van der Waals surface area contributed by atoms with Crippen molar-refractivity contribution in [2.45, 2.75) is 45.7 Å². The van der Waals surface area contributed by atoms with Crippen LogP contribution >= 0.6 is 11.3 Å². The number of anilines is 1. The van der Waals surface area contributed by atoms with Crippen molar-refractivity contribution in [2.75, 3.05) is 25.0 Å². The number of fused-ring (bicyclic) bond motifs is 1. The van der Waals surface area contributed by atoms with Crippen LogP contribution in [0.5, 0.6) is 5.75 Å². The average molecular weight is 492 g/mol. The number of ether oxygens (including phenoxy) is 1. The summed E-state index contributed by atoms with van der Waals surface area (Å²) < 4.78 is 5.66. The summed E-state index contributed by atoms with van der Waals surface area (Å²) in [5.74, 6) is 0.535. The van der Waals surface area contributed by atoms with Crippen LogP contribution in [0.3, 0.4) is 0 Å². The number of carbonyl (C=O) groups excluding carboxylic acids is 2. The molecule has 1 unspecified atom stereocenters. The minimum atomic E-state index is -0.564. The van der Waals surface area contributed by atoms with Gasteiger partial charge in [-0.3, -0.25) is 4.79 Å². The lowest BCUT2D eigenvalue weighted by Crippen LogP contribution is -2.53. The first kappa shape index (κ1) is 24.8. The van der Waals surface area contributed by atoms with Crippen molar-refractivity contribution in [3.8, 4) is 5.75 Å². The Morgan fingerprint density at radius 2 is 1.80 bits per heavy atom. The Hall–Kier alpha value is -3.32. The smallest absolute Gasteiger partial charge is 0.322 e. The van der Waals surface area contributed by atoms with Crippen molar-refractivity contribution < 1.29 is 14.3 Å². The van der Waals surface area contributed by atoms with Crippen molar-refractivity contribution >= 4 is 29.0 Å². The van der Waals surface area contributed by atoms with Crippen LogP contribution in [0.2, 0.25) is 0 Å². The molecule has 184 valence electrons. The van der Waals surface area contributed by atoms with E-state index in [9.17, 15) is 9.59 Å². The molecule has 1 aromatic heterocycles. The molecule has 7 heteroatoms. The maximum Gasteiger partial charge on any atom is 0.322 e. The van der Waals surface area contributed by atoms with Crippen LogP contribution in [0.15, 0.2) is 66.0 Å². The molecule has 6 nitrogen and oxygen atoms in total. The Labute approximate surface area is 211 Å². The predicted octanol–water partition coefficient (Wildman–Crippen LogP) is 5.95. The predicted molar refractivity (Wildman–Crippen MR) is 141 cm³/mol. The zero-order valence-electron chi connectivity index (χ0n) is 20.8. The second kappa shape index (κ2) is 10.5. The van der Waals surface area contributed by atoms with Gasteiger partial charge >= 0.3 is 6.03 Å². The number of benzene rings is 2. The molecule has 35 heavy (non-hydrogen) atoms. The van der Waals surface area contributed by atoms with Crippen molar-refractivity contribution in [3.05, 3.63) is 82.0 Å². The number of amides is 3. The molecule has 0 radical (unpaired) electrons. The molecule has 1 aliphatic heterocycles. The van der Waals surface area contributed by atoms with Crippen LogP contribution in [-0.2, 0) is 11.2 Å². The minimum Gasteiger partial charge on any atom is -0.492 e. The third kappa shape index (κ3) is 5.51. The molecule has 0 spiro atoms. The standard InChI is InChI=1S/C28H33N3O3S/c1-5-34-23-14-10-9-13-22(23)29-27(33)31(28(2,3)4)19-25(32)30-17-15-24-21(16-18-35-24)26(30)20-11-7-6-8-12-20/h6-14,16,18,26H,5,15,17,19H2,1-4H3,(H,29,33). The van der Waals surface area contributed by atoms with E-state index < -0.39 is 5.54 Å². The summed E-state index contributed by atoms with van der Waals surface area (Å²) in [6, 6.07) is 19.1. The highest BCUT2D eigenvalue weighted by Crippen LogP contribution is 2.38. The van der Waals surface area contributed by atoms with Gasteiger partial charge in [-0.05, 0) is 68.8 Å². The number of hydrogen-bond donors (Lipinski definition) is 1. The molecule has 0 aliphatic carbocycles. The summed E-state index contributed by atoms with van der Waals surface area (Å²) in [6.45, 7) is 8.82. The van der Waals surface area contributed by atoms with Gasteiger partial charge in [0.15, 0.2) is 0 Å². The summed E-state index contributed by atoms with van der Waals surface area (Å²) in [5, 5.41) is 5.05. The van der Waals surface area contributed by atoms with Gasteiger partial charge in [0.1, 0.15) is 12.3 Å². The highest BCUT2D eigenvalue weighted by molar-refractivity contribution is 7.10. The number of urea groups is 1. The van der Waals surface area contributed by atoms with E-state index in [1.54, 1.807) is 22.3 Å². The van der Waals surface area contributed by atoms with Gasteiger partial charge in [-0.2, -0.15) is 0 Å². The van der Waals surface area contributed by atoms with Crippen LogP contribution in [0.25, 0.3) is 0 Å². The molecule has 1 N–H and O–H groups in total. The fourth-order valence-corrected chi connectivity index (χ4v) is 5.36. The van der Waals surface area contributed by atoms with Gasteiger partial charge in [0.2, 0.25) is 5.91 Å². The Morgan fingerprint density at radius 3 is 2.51 bits per heavy atom. The molecule has 2 heterocycles. The van der Waals surface area contributed by atoms with Gasteiger partial charge in [-0.1, -0.05) is 42.5 Å². The lowest BCUT2D eigenvalue weighted by Gasteiger charge is -2.40. The van der Waals surface area contributed by atoms with Crippen molar-refractivity contribution in [3.63, 3.8) is 0 Å². The van der Waals surface area contributed by atoms with Gasteiger partial charge in [-0.25, -0.2) is 4.79 Å².